The Hall–Kier alpha value is -3.65. The van der Waals surface area contributed by atoms with Crippen molar-refractivity contribution in [1.82, 2.24) is 14.8 Å². The van der Waals surface area contributed by atoms with Crippen molar-refractivity contribution in [2.75, 3.05) is 10.8 Å². The SMILES string of the molecule is Cc1ccc(S(=O)(=O)N2CCc3c(nn(-c4cccc(C(C)(C)C)c4)c3O)-c3cccnc32)cc1. The van der Waals surface area contributed by atoms with Gasteiger partial charge in [-0.1, -0.05) is 50.6 Å². The number of aromatic hydroxyl groups is 1. The van der Waals surface area contributed by atoms with Crippen molar-refractivity contribution in [1.29, 1.82) is 0 Å². The van der Waals surface area contributed by atoms with Crippen LogP contribution in [0.2, 0.25) is 0 Å². The van der Waals surface area contributed by atoms with Crippen LogP contribution >= 0.6 is 0 Å². The van der Waals surface area contributed by atoms with Crippen LogP contribution in [0, 0.1) is 6.92 Å². The predicted molar refractivity (Wildman–Crippen MR) is 137 cm³/mol. The highest BCUT2D eigenvalue weighted by atomic mass is 32.2. The number of hydrogen-bond donors (Lipinski definition) is 1. The van der Waals surface area contributed by atoms with Crippen molar-refractivity contribution in [3.05, 3.63) is 83.6 Å². The molecule has 4 aromatic rings. The summed E-state index contributed by atoms with van der Waals surface area (Å²) in [6.45, 7) is 8.45. The van der Waals surface area contributed by atoms with E-state index in [1.165, 1.54) is 8.99 Å². The molecule has 0 bridgehead atoms. The van der Waals surface area contributed by atoms with Gasteiger partial charge in [0.05, 0.1) is 10.6 Å². The van der Waals surface area contributed by atoms with Crippen LogP contribution in [0.25, 0.3) is 16.9 Å². The fourth-order valence-electron chi connectivity index (χ4n) is 4.34. The highest BCUT2D eigenvalue weighted by Crippen LogP contribution is 2.41. The van der Waals surface area contributed by atoms with Crippen LogP contribution < -0.4 is 4.31 Å². The molecule has 0 aliphatic carbocycles. The molecule has 35 heavy (non-hydrogen) atoms. The first-order valence-corrected chi connectivity index (χ1v) is 13.0. The zero-order valence-corrected chi connectivity index (χ0v) is 21.0. The van der Waals surface area contributed by atoms with Gasteiger partial charge in [-0.3, -0.25) is 0 Å². The van der Waals surface area contributed by atoms with Gasteiger partial charge >= 0.3 is 0 Å². The van der Waals surface area contributed by atoms with E-state index in [2.05, 4.69) is 31.8 Å². The van der Waals surface area contributed by atoms with Gasteiger partial charge < -0.3 is 5.11 Å². The summed E-state index contributed by atoms with van der Waals surface area (Å²) in [6.07, 6.45) is 1.87. The minimum atomic E-state index is -3.85. The van der Waals surface area contributed by atoms with Gasteiger partial charge in [0.25, 0.3) is 10.0 Å². The number of anilines is 1. The molecule has 2 aromatic heterocycles. The monoisotopic (exact) mass is 488 g/mol. The molecule has 7 nitrogen and oxygen atoms in total. The number of sulfonamides is 1. The van der Waals surface area contributed by atoms with E-state index < -0.39 is 10.0 Å². The Kier molecular flexibility index (Phi) is 5.44. The Labute approximate surface area is 205 Å². The van der Waals surface area contributed by atoms with Gasteiger partial charge in [0, 0.05) is 23.9 Å². The second-order valence-corrected chi connectivity index (χ2v) is 11.7. The van der Waals surface area contributed by atoms with Crippen molar-refractivity contribution < 1.29 is 13.5 Å². The molecule has 0 radical (unpaired) electrons. The summed E-state index contributed by atoms with van der Waals surface area (Å²) in [7, 11) is -3.85. The molecule has 180 valence electrons. The second-order valence-electron chi connectivity index (χ2n) is 9.88. The molecule has 0 spiro atoms. The number of aryl methyl sites for hydroxylation is 1. The average molecular weight is 489 g/mol. The number of benzene rings is 2. The average Bonchev–Trinajstić information content (AvgIpc) is 3.05. The summed E-state index contributed by atoms with van der Waals surface area (Å²) in [4.78, 5) is 4.64. The summed E-state index contributed by atoms with van der Waals surface area (Å²) >= 11 is 0. The first kappa shape index (κ1) is 23.1. The maximum atomic E-state index is 13.6. The molecule has 1 N–H and O–H groups in total. The molecule has 0 fully saturated rings. The van der Waals surface area contributed by atoms with Crippen LogP contribution in [0.1, 0.15) is 37.5 Å². The maximum Gasteiger partial charge on any atom is 0.265 e. The summed E-state index contributed by atoms with van der Waals surface area (Å²) in [5.74, 6) is 0.315. The third-order valence-corrected chi connectivity index (χ3v) is 8.17. The Morgan fingerprint density at radius 3 is 2.46 bits per heavy atom. The second kappa shape index (κ2) is 8.23. The minimum absolute atomic E-state index is 0.00967. The van der Waals surface area contributed by atoms with E-state index in [1.54, 1.807) is 42.6 Å². The molecule has 2 aromatic carbocycles. The highest BCUT2D eigenvalue weighted by Gasteiger charge is 2.34. The lowest BCUT2D eigenvalue weighted by atomic mass is 9.87. The summed E-state index contributed by atoms with van der Waals surface area (Å²) in [6, 6.07) is 18.3. The van der Waals surface area contributed by atoms with E-state index in [-0.39, 0.29) is 22.7 Å². The number of fused-ring (bicyclic) bond motifs is 3. The normalized spacial score (nSPS) is 13.8. The molecular weight excluding hydrogens is 460 g/mol. The summed E-state index contributed by atoms with van der Waals surface area (Å²) in [5.41, 5.74) is 4.49. The van der Waals surface area contributed by atoms with Crippen LogP contribution in [0.4, 0.5) is 5.82 Å². The van der Waals surface area contributed by atoms with E-state index in [4.69, 9.17) is 5.10 Å². The minimum Gasteiger partial charge on any atom is -0.493 e. The van der Waals surface area contributed by atoms with E-state index in [9.17, 15) is 13.5 Å². The number of nitrogens with zero attached hydrogens (tertiary/aromatic N) is 4. The standard InChI is InChI=1S/C27H28N4O3S/c1-18-10-12-21(13-11-18)35(33,34)30-16-14-23-24(22-9-6-15-28-25(22)30)29-31(26(23)32)20-8-5-7-19(17-20)27(2,3)4/h5-13,15,17,32H,14,16H2,1-4H3. The quantitative estimate of drug-likeness (QED) is 0.439. The number of aromatic nitrogens is 3. The van der Waals surface area contributed by atoms with Gasteiger partial charge in [-0.15, -0.1) is 0 Å². The summed E-state index contributed by atoms with van der Waals surface area (Å²) < 4.78 is 30.0. The molecule has 0 atom stereocenters. The molecule has 0 unspecified atom stereocenters. The molecule has 8 heteroatoms. The molecule has 1 aliphatic heterocycles. The fraction of sp³-hybridized carbons (Fsp3) is 0.259. The van der Waals surface area contributed by atoms with Crippen molar-refractivity contribution in [2.24, 2.45) is 0 Å². The van der Waals surface area contributed by atoms with Crippen molar-refractivity contribution >= 4 is 15.8 Å². The van der Waals surface area contributed by atoms with Crippen molar-refractivity contribution in [2.45, 2.75) is 44.4 Å². The first-order chi connectivity index (χ1) is 16.6. The van der Waals surface area contributed by atoms with Gasteiger partial charge in [-0.2, -0.15) is 5.10 Å². The largest absolute Gasteiger partial charge is 0.493 e. The molecule has 0 amide bonds. The summed E-state index contributed by atoms with van der Waals surface area (Å²) in [5, 5.41) is 16.0. The molecule has 0 saturated heterocycles. The van der Waals surface area contributed by atoms with E-state index in [0.717, 1.165) is 16.8 Å². The van der Waals surface area contributed by atoms with Crippen LogP contribution in [-0.4, -0.2) is 34.8 Å². The number of rotatable bonds is 3. The van der Waals surface area contributed by atoms with E-state index in [1.807, 2.05) is 25.1 Å². The third-order valence-electron chi connectivity index (χ3n) is 6.37. The molecule has 5 rings (SSSR count). The number of pyridine rings is 1. The van der Waals surface area contributed by atoms with Crippen LogP contribution in [0.5, 0.6) is 5.88 Å². The molecule has 0 saturated carbocycles. The van der Waals surface area contributed by atoms with Gasteiger partial charge in [0.2, 0.25) is 5.88 Å². The molecular formula is C27H28N4O3S. The topological polar surface area (TPSA) is 88.3 Å². The lowest BCUT2D eigenvalue weighted by molar-refractivity contribution is 0.427. The molecule has 1 aliphatic rings. The predicted octanol–water partition coefficient (Wildman–Crippen LogP) is 5.00. The zero-order chi connectivity index (χ0) is 25.0. The smallest absolute Gasteiger partial charge is 0.265 e. The molecule has 3 heterocycles. The Bertz CT molecular complexity index is 1520. The van der Waals surface area contributed by atoms with E-state index in [0.29, 0.717) is 29.1 Å². The lowest BCUT2D eigenvalue weighted by Gasteiger charge is -2.23. The zero-order valence-electron chi connectivity index (χ0n) is 20.2. The highest BCUT2D eigenvalue weighted by molar-refractivity contribution is 7.92. The Morgan fingerprint density at radius 1 is 1.00 bits per heavy atom. The Morgan fingerprint density at radius 2 is 1.74 bits per heavy atom. The van der Waals surface area contributed by atoms with Crippen LogP contribution in [-0.2, 0) is 21.9 Å². The van der Waals surface area contributed by atoms with Gasteiger partial charge in [-0.25, -0.2) is 22.4 Å². The Balaban J connectivity index is 1.63. The van der Waals surface area contributed by atoms with Crippen molar-refractivity contribution in [3.8, 4) is 22.8 Å². The van der Waals surface area contributed by atoms with E-state index >= 15 is 0 Å². The lowest BCUT2D eigenvalue weighted by Crippen LogP contribution is -2.33. The fourth-order valence-corrected chi connectivity index (χ4v) is 5.78. The first-order valence-electron chi connectivity index (χ1n) is 11.5. The van der Waals surface area contributed by atoms with Gasteiger partial charge in [0.1, 0.15) is 5.69 Å². The van der Waals surface area contributed by atoms with Crippen molar-refractivity contribution in [3.63, 3.8) is 0 Å². The maximum absolute atomic E-state index is 13.6. The van der Waals surface area contributed by atoms with Gasteiger partial charge in [0.15, 0.2) is 5.82 Å². The van der Waals surface area contributed by atoms with Crippen LogP contribution in [0.15, 0.2) is 71.8 Å². The van der Waals surface area contributed by atoms with Crippen LogP contribution in [0.3, 0.4) is 0 Å². The third kappa shape index (κ3) is 3.97. The number of hydrogen-bond acceptors (Lipinski definition) is 5. The van der Waals surface area contributed by atoms with Gasteiger partial charge in [-0.05, 0) is 60.7 Å².